The molecule has 0 aromatic heterocycles. The molecule has 0 aromatic carbocycles. The molecule has 5 amide bonds. The zero-order valence-corrected chi connectivity index (χ0v) is 31.6. The molecule has 14 nitrogen and oxygen atoms in total. The van der Waals surface area contributed by atoms with Crippen molar-refractivity contribution in [1.82, 2.24) is 26.2 Å². The number of nitrogens with zero attached hydrogens (tertiary/aromatic N) is 1. The van der Waals surface area contributed by atoms with E-state index >= 15 is 0 Å². The van der Waals surface area contributed by atoms with Crippen LogP contribution in [-0.2, 0) is 33.5 Å². The topological polar surface area (TPSA) is 203 Å². The monoisotopic (exact) mass is 711 g/mol. The van der Waals surface area contributed by atoms with Gasteiger partial charge in [-0.1, -0.05) is 92.9 Å². The van der Waals surface area contributed by atoms with Crippen LogP contribution in [0.1, 0.15) is 119 Å². The van der Waals surface area contributed by atoms with Crippen LogP contribution in [-0.4, -0.2) is 107 Å². The number of nitrogens with one attached hydrogen (secondary N) is 4. The van der Waals surface area contributed by atoms with Gasteiger partial charge in [0.2, 0.25) is 29.5 Å². The van der Waals surface area contributed by atoms with E-state index in [0.29, 0.717) is 19.3 Å². The van der Waals surface area contributed by atoms with Gasteiger partial charge in [0, 0.05) is 7.05 Å². The van der Waals surface area contributed by atoms with Gasteiger partial charge in [-0.2, -0.15) is 0 Å². The average molecular weight is 712 g/mol. The number of rotatable bonds is 15. The van der Waals surface area contributed by atoms with Gasteiger partial charge in [-0.3, -0.25) is 28.8 Å². The first-order valence-electron chi connectivity index (χ1n) is 18.5. The van der Waals surface area contributed by atoms with Crippen LogP contribution in [0.2, 0.25) is 0 Å². The van der Waals surface area contributed by atoms with E-state index in [9.17, 15) is 39.0 Å². The molecular formula is C36H65N5O9. The predicted molar refractivity (Wildman–Crippen MR) is 189 cm³/mol. The van der Waals surface area contributed by atoms with E-state index in [1.807, 2.05) is 20.8 Å². The minimum absolute atomic E-state index is 0.00678. The van der Waals surface area contributed by atoms with E-state index in [2.05, 4.69) is 28.2 Å². The Kier molecular flexibility index (Phi) is 20.8. The van der Waals surface area contributed by atoms with Gasteiger partial charge in [0.25, 0.3) is 0 Å². The molecule has 0 aliphatic carbocycles. The number of carbonyl (C=O) groups excluding carboxylic acids is 6. The first-order chi connectivity index (χ1) is 23.6. The molecule has 1 rings (SSSR count). The summed E-state index contributed by atoms with van der Waals surface area (Å²) in [6.45, 7) is 11.0. The Morgan fingerprint density at radius 2 is 1.38 bits per heavy atom. The van der Waals surface area contributed by atoms with Crippen LogP contribution >= 0.6 is 0 Å². The summed E-state index contributed by atoms with van der Waals surface area (Å²) in [7, 11) is 1.52. The van der Waals surface area contributed by atoms with Gasteiger partial charge < -0.3 is 41.1 Å². The molecule has 0 radical (unpaired) electrons. The Labute approximate surface area is 298 Å². The number of esters is 1. The molecule has 0 bridgehead atoms. The average Bonchev–Trinajstić information content (AvgIpc) is 3.07. The molecule has 8 atom stereocenters. The molecule has 1 fully saturated rings. The summed E-state index contributed by atoms with van der Waals surface area (Å²) in [4.78, 5) is 81.9. The lowest BCUT2D eigenvalue weighted by molar-refractivity contribution is -0.157. The molecule has 0 spiro atoms. The third kappa shape index (κ3) is 14.9. The lowest BCUT2D eigenvalue weighted by atomic mass is 9.94. The Morgan fingerprint density at radius 1 is 0.800 bits per heavy atom. The minimum atomic E-state index is -1.53. The van der Waals surface area contributed by atoms with Crippen molar-refractivity contribution in [2.24, 2.45) is 17.8 Å². The van der Waals surface area contributed by atoms with Crippen molar-refractivity contribution in [3.63, 3.8) is 0 Å². The number of cyclic esters (lactones) is 1. The van der Waals surface area contributed by atoms with Crippen LogP contribution in [0.15, 0.2) is 0 Å². The number of hydrogen-bond donors (Lipinski definition) is 6. The molecular weight excluding hydrogens is 646 g/mol. The molecule has 0 saturated carbocycles. The highest BCUT2D eigenvalue weighted by Crippen LogP contribution is 2.22. The van der Waals surface area contributed by atoms with E-state index in [4.69, 9.17) is 4.74 Å². The van der Waals surface area contributed by atoms with Crippen molar-refractivity contribution in [3.8, 4) is 0 Å². The number of amides is 5. The maximum absolute atomic E-state index is 14.0. The smallest absolute Gasteiger partial charge is 0.325 e. The van der Waals surface area contributed by atoms with Crippen molar-refractivity contribution in [2.75, 3.05) is 20.2 Å². The van der Waals surface area contributed by atoms with Crippen molar-refractivity contribution in [2.45, 2.75) is 155 Å². The minimum Gasteiger partial charge on any atom is -0.460 e. The molecule has 0 unspecified atom stereocenters. The third-order valence-corrected chi connectivity index (χ3v) is 9.46. The van der Waals surface area contributed by atoms with Crippen LogP contribution in [0.3, 0.4) is 0 Å². The third-order valence-electron chi connectivity index (χ3n) is 9.46. The standard InChI is InChI=1S/C36H65N5O9/c1-9-11-12-13-14-15-16-17-18-28-24(6)36(49)41(8)27(19-22(3)4)33(46)39-30(23(5)10-2)35(48)38-26(21-42)32(45)40-31(25(7)43)34(47)37-20-29(44)50-28/h22-28,30-31,42-43H,9-21H2,1-8H3,(H,37,47)(H,38,48)(H,39,46)(H,40,45)/t23-,24-,25+,26+,27+,28-,30+,31+/m1/s1. The van der Waals surface area contributed by atoms with Gasteiger partial charge in [0.15, 0.2) is 0 Å². The summed E-state index contributed by atoms with van der Waals surface area (Å²) in [5, 5.41) is 30.2. The summed E-state index contributed by atoms with van der Waals surface area (Å²) in [6.07, 6.45) is 7.29. The fraction of sp³-hybridized carbons (Fsp3) is 0.833. The Bertz CT molecular complexity index is 1100. The van der Waals surface area contributed by atoms with Crippen molar-refractivity contribution < 1.29 is 43.7 Å². The summed E-state index contributed by atoms with van der Waals surface area (Å²) >= 11 is 0. The molecule has 1 aliphatic rings. The lowest BCUT2D eigenvalue weighted by Crippen LogP contribution is -2.61. The van der Waals surface area contributed by atoms with Gasteiger partial charge in [-0.05, 0) is 38.0 Å². The highest BCUT2D eigenvalue weighted by atomic mass is 16.5. The number of aliphatic hydroxyl groups excluding tert-OH is 2. The first kappa shape index (κ1) is 44.8. The largest absolute Gasteiger partial charge is 0.460 e. The molecule has 1 saturated heterocycles. The highest BCUT2D eigenvalue weighted by Gasteiger charge is 2.38. The second kappa shape index (κ2) is 23.3. The normalized spacial score (nSPS) is 26.5. The molecule has 1 aliphatic heterocycles. The van der Waals surface area contributed by atoms with Gasteiger partial charge >= 0.3 is 5.97 Å². The SMILES string of the molecule is CCCCCCCCCC[C@H]1OC(=O)CNC(=O)[C@H]([C@H](C)O)NC(=O)[C@H](CO)NC(=O)[C@H]([C@H](C)CC)NC(=O)[C@H](CC(C)C)N(C)C(=O)[C@@H]1C. The van der Waals surface area contributed by atoms with E-state index in [1.165, 1.54) is 38.1 Å². The van der Waals surface area contributed by atoms with Gasteiger partial charge in [0.05, 0.1) is 18.6 Å². The van der Waals surface area contributed by atoms with Crippen LogP contribution in [0.5, 0.6) is 0 Å². The maximum atomic E-state index is 14.0. The number of carbonyl (C=O) groups is 6. The summed E-state index contributed by atoms with van der Waals surface area (Å²) in [5.41, 5.74) is 0. The van der Waals surface area contributed by atoms with E-state index in [1.54, 1.807) is 13.8 Å². The van der Waals surface area contributed by atoms with Crippen molar-refractivity contribution >= 4 is 35.5 Å². The molecule has 6 N–H and O–H groups in total. The van der Waals surface area contributed by atoms with E-state index in [-0.39, 0.29) is 12.3 Å². The van der Waals surface area contributed by atoms with Crippen molar-refractivity contribution in [3.05, 3.63) is 0 Å². The van der Waals surface area contributed by atoms with Crippen molar-refractivity contribution in [1.29, 1.82) is 0 Å². The number of ether oxygens (including phenoxy) is 1. The molecule has 1 heterocycles. The second-order valence-corrected chi connectivity index (χ2v) is 14.2. The van der Waals surface area contributed by atoms with Crippen LogP contribution in [0.4, 0.5) is 0 Å². The maximum Gasteiger partial charge on any atom is 0.325 e. The Hall–Kier alpha value is -3.26. The fourth-order valence-corrected chi connectivity index (χ4v) is 5.96. The second-order valence-electron chi connectivity index (χ2n) is 14.2. The molecule has 14 heteroatoms. The van der Waals surface area contributed by atoms with E-state index in [0.717, 1.165) is 25.7 Å². The summed E-state index contributed by atoms with van der Waals surface area (Å²) < 4.78 is 5.79. The quantitative estimate of drug-likeness (QED) is 0.108. The zero-order valence-electron chi connectivity index (χ0n) is 31.6. The lowest BCUT2D eigenvalue weighted by Gasteiger charge is -2.34. The van der Waals surface area contributed by atoms with E-state index < -0.39 is 96.9 Å². The van der Waals surface area contributed by atoms with Crippen LogP contribution in [0, 0.1) is 17.8 Å². The number of aliphatic hydroxyl groups is 2. The van der Waals surface area contributed by atoms with Gasteiger partial charge in [-0.25, -0.2) is 0 Å². The summed E-state index contributed by atoms with van der Waals surface area (Å²) in [6, 6.07) is -5.15. The number of likely N-dealkylation sites (N-methyl/N-ethyl adjacent to an activating group) is 1. The van der Waals surface area contributed by atoms with Crippen LogP contribution in [0.25, 0.3) is 0 Å². The molecule has 50 heavy (non-hydrogen) atoms. The predicted octanol–water partition coefficient (Wildman–Crippen LogP) is 1.94. The highest BCUT2D eigenvalue weighted by molar-refractivity contribution is 5.96. The zero-order chi connectivity index (χ0) is 38.0. The van der Waals surface area contributed by atoms with Gasteiger partial charge in [-0.15, -0.1) is 0 Å². The van der Waals surface area contributed by atoms with Crippen LogP contribution < -0.4 is 21.3 Å². The molecule has 288 valence electrons. The number of unbranched alkanes of at least 4 members (excludes halogenated alkanes) is 7. The summed E-state index contributed by atoms with van der Waals surface area (Å²) in [5.74, 6) is -5.63. The number of hydrogen-bond acceptors (Lipinski definition) is 9. The first-order valence-corrected chi connectivity index (χ1v) is 18.5. The van der Waals surface area contributed by atoms with Gasteiger partial charge in [0.1, 0.15) is 36.8 Å². The Morgan fingerprint density at radius 3 is 1.92 bits per heavy atom. The fourth-order valence-electron chi connectivity index (χ4n) is 5.96. The Balaban J connectivity index is 3.50. The molecule has 0 aromatic rings.